The number of carbonyl (C=O) groups is 1. The van der Waals surface area contributed by atoms with Crippen LogP contribution in [0.25, 0.3) is 0 Å². The highest BCUT2D eigenvalue weighted by Gasteiger charge is 2.26. The Morgan fingerprint density at radius 1 is 1.00 bits per heavy atom. The lowest BCUT2D eigenvalue weighted by Crippen LogP contribution is -2.37. The van der Waals surface area contributed by atoms with Crippen molar-refractivity contribution in [3.8, 4) is 11.5 Å². The Hall–Kier alpha value is -2.96. The molecule has 3 aromatic rings. The normalized spacial score (nSPS) is 14.9. The average Bonchev–Trinajstić information content (AvgIpc) is 2.93. The Balaban J connectivity index is 1.57. The summed E-state index contributed by atoms with van der Waals surface area (Å²) in [6.45, 7) is 0.949. The molecule has 1 fully saturated rings. The van der Waals surface area contributed by atoms with Gasteiger partial charge in [-0.2, -0.15) is 16.1 Å². The van der Waals surface area contributed by atoms with Gasteiger partial charge in [-0.3, -0.25) is 4.79 Å². The molecule has 9 nitrogen and oxygen atoms in total. The topological polar surface area (TPSA) is 117 Å². The molecule has 0 aromatic heterocycles. The fraction of sp³-hybridized carbons (Fsp3) is 0.269. The van der Waals surface area contributed by atoms with Crippen molar-refractivity contribution in [1.82, 2.24) is 4.31 Å². The zero-order valence-corrected chi connectivity index (χ0v) is 23.2. The van der Waals surface area contributed by atoms with Crippen molar-refractivity contribution < 1.29 is 27.8 Å². The minimum absolute atomic E-state index is 0.168. The minimum atomic E-state index is -3.59. The van der Waals surface area contributed by atoms with E-state index in [1.807, 2.05) is 0 Å². The lowest BCUT2D eigenvalue weighted by atomic mass is 10.1. The quantitative estimate of drug-likeness (QED) is 0.319. The van der Waals surface area contributed by atoms with Gasteiger partial charge in [-0.1, -0.05) is 23.7 Å². The number of ether oxygens (including phenoxy) is 2. The van der Waals surface area contributed by atoms with Gasteiger partial charge in [-0.05, 0) is 42.5 Å². The lowest BCUT2D eigenvalue weighted by Gasteiger charge is -2.25. The highest BCUT2D eigenvalue weighted by Crippen LogP contribution is 2.35. The number of thioether (sulfide) groups is 1. The largest absolute Gasteiger partial charge is 0.493 e. The summed E-state index contributed by atoms with van der Waals surface area (Å²) < 4.78 is 38.1. The summed E-state index contributed by atoms with van der Waals surface area (Å²) in [4.78, 5) is 13.5. The zero-order chi connectivity index (χ0) is 27.3. The summed E-state index contributed by atoms with van der Waals surface area (Å²) in [7, 11) is -0.673. The van der Waals surface area contributed by atoms with E-state index in [4.69, 9.17) is 21.1 Å². The van der Waals surface area contributed by atoms with E-state index in [0.717, 1.165) is 11.5 Å². The molecule has 1 atom stereocenters. The lowest BCUT2D eigenvalue weighted by molar-refractivity contribution is 0.102. The van der Waals surface area contributed by atoms with Gasteiger partial charge in [-0.15, -0.1) is 0 Å². The van der Waals surface area contributed by atoms with Gasteiger partial charge in [0.05, 0.1) is 30.4 Å². The highest BCUT2D eigenvalue weighted by atomic mass is 35.5. The number of amides is 1. The van der Waals surface area contributed by atoms with Crippen molar-refractivity contribution in [1.29, 1.82) is 0 Å². The van der Waals surface area contributed by atoms with Crippen LogP contribution in [0.2, 0.25) is 5.02 Å². The first-order valence-corrected chi connectivity index (χ1v) is 14.7. The maximum atomic E-state index is 13.3. The third-order valence-corrected chi connectivity index (χ3v) is 9.07. The Bertz CT molecular complexity index is 1380. The SMILES string of the molecule is COc1cc(NC(O)c2ccc(Cl)cc2)c(C(=O)Nc2ccc(S(=O)(=O)N3CCSCC3)cc2)cc1OC. The number of hydrogen-bond donors (Lipinski definition) is 3. The van der Waals surface area contributed by atoms with Crippen LogP contribution in [-0.4, -0.2) is 62.6 Å². The predicted octanol–water partition coefficient (Wildman–Crippen LogP) is 4.45. The third-order valence-electron chi connectivity index (χ3n) is 5.97. The number of nitrogens with zero attached hydrogens (tertiary/aromatic N) is 1. The first kappa shape index (κ1) is 28.1. The van der Waals surface area contributed by atoms with Gasteiger partial charge in [-0.25, -0.2) is 8.42 Å². The highest BCUT2D eigenvalue weighted by molar-refractivity contribution is 7.99. The molecule has 1 aliphatic rings. The van der Waals surface area contributed by atoms with Crippen LogP contribution < -0.4 is 20.1 Å². The van der Waals surface area contributed by atoms with Gasteiger partial charge in [0, 0.05) is 46.9 Å². The number of sulfonamides is 1. The Kier molecular flexibility index (Phi) is 9.06. The summed E-state index contributed by atoms with van der Waals surface area (Å²) in [5, 5.41) is 17.0. The molecule has 4 rings (SSSR count). The molecule has 12 heteroatoms. The van der Waals surface area contributed by atoms with Gasteiger partial charge in [0.15, 0.2) is 17.7 Å². The van der Waals surface area contributed by atoms with E-state index >= 15 is 0 Å². The molecule has 1 heterocycles. The molecular formula is C26H28ClN3O6S2. The molecule has 0 aliphatic carbocycles. The second-order valence-corrected chi connectivity index (χ2v) is 11.9. The van der Waals surface area contributed by atoms with Crippen molar-refractivity contribution >= 4 is 50.7 Å². The fourth-order valence-corrected chi connectivity index (χ4v) is 6.61. The predicted molar refractivity (Wildman–Crippen MR) is 150 cm³/mol. The molecule has 1 saturated heterocycles. The molecule has 1 unspecified atom stereocenters. The summed E-state index contributed by atoms with van der Waals surface area (Å²) in [6, 6.07) is 15.7. The number of hydrogen-bond acceptors (Lipinski definition) is 8. The summed E-state index contributed by atoms with van der Waals surface area (Å²) >= 11 is 7.67. The van der Waals surface area contributed by atoms with Gasteiger partial charge in [0.1, 0.15) is 0 Å². The number of rotatable bonds is 9. The summed E-state index contributed by atoms with van der Waals surface area (Å²) in [5.74, 6) is 1.72. The number of aliphatic hydroxyl groups excluding tert-OH is 1. The van der Waals surface area contributed by atoms with Gasteiger partial charge in [0.25, 0.3) is 5.91 Å². The molecule has 0 bridgehead atoms. The molecule has 0 radical (unpaired) electrons. The number of benzene rings is 3. The first-order chi connectivity index (χ1) is 18.2. The van der Waals surface area contributed by atoms with Crippen LogP contribution in [0.15, 0.2) is 65.6 Å². The maximum Gasteiger partial charge on any atom is 0.257 e. The molecule has 3 aromatic carbocycles. The molecule has 1 amide bonds. The van der Waals surface area contributed by atoms with Crippen LogP contribution in [0.4, 0.5) is 11.4 Å². The van der Waals surface area contributed by atoms with E-state index in [2.05, 4.69) is 10.6 Å². The van der Waals surface area contributed by atoms with Crippen LogP contribution in [0.3, 0.4) is 0 Å². The summed E-state index contributed by atoms with van der Waals surface area (Å²) in [6.07, 6.45) is -1.14. The Morgan fingerprint density at radius 3 is 2.21 bits per heavy atom. The van der Waals surface area contributed by atoms with Crippen molar-refractivity contribution in [2.24, 2.45) is 0 Å². The van der Waals surface area contributed by atoms with E-state index in [1.54, 1.807) is 54.2 Å². The van der Waals surface area contributed by atoms with Gasteiger partial charge < -0.3 is 25.2 Å². The maximum absolute atomic E-state index is 13.3. The second kappa shape index (κ2) is 12.3. The van der Waals surface area contributed by atoms with Crippen LogP contribution in [0, 0.1) is 0 Å². The smallest absolute Gasteiger partial charge is 0.257 e. The first-order valence-electron chi connectivity index (χ1n) is 11.7. The number of methoxy groups -OCH3 is 2. The number of anilines is 2. The monoisotopic (exact) mass is 577 g/mol. The van der Waals surface area contributed by atoms with Gasteiger partial charge in [0.2, 0.25) is 10.0 Å². The van der Waals surface area contributed by atoms with Crippen molar-refractivity contribution in [2.75, 3.05) is 49.4 Å². The average molecular weight is 578 g/mol. The molecule has 38 heavy (non-hydrogen) atoms. The van der Waals surface area contributed by atoms with Crippen molar-refractivity contribution in [2.45, 2.75) is 11.1 Å². The number of halogens is 1. The number of nitrogens with one attached hydrogen (secondary N) is 2. The van der Waals surface area contributed by atoms with E-state index in [9.17, 15) is 18.3 Å². The fourth-order valence-electron chi connectivity index (χ4n) is 3.91. The molecule has 0 saturated carbocycles. The second-order valence-electron chi connectivity index (χ2n) is 8.35. The van der Waals surface area contributed by atoms with E-state index in [-0.39, 0.29) is 10.5 Å². The van der Waals surface area contributed by atoms with E-state index in [1.165, 1.54) is 36.7 Å². The standard InChI is InChI=1S/C26H28ClN3O6S2/c1-35-23-15-21(22(16-24(23)36-2)29-25(31)17-3-5-18(27)6-4-17)26(32)28-19-7-9-20(10-8-19)38(33,34)30-11-13-37-14-12-30/h3-10,15-16,25,29,31H,11-14H2,1-2H3,(H,28,32). The van der Waals surface area contributed by atoms with Crippen molar-refractivity contribution in [3.05, 3.63) is 76.8 Å². The van der Waals surface area contributed by atoms with Crippen LogP contribution in [0.1, 0.15) is 22.1 Å². The van der Waals surface area contributed by atoms with E-state index in [0.29, 0.717) is 46.5 Å². The third kappa shape index (κ3) is 6.36. The molecule has 3 N–H and O–H groups in total. The van der Waals surface area contributed by atoms with E-state index < -0.39 is 22.2 Å². The molecular weight excluding hydrogens is 550 g/mol. The van der Waals surface area contributed by atoms with Crippen LogP contribution in [-0.2, 0) is 10.0 Å². The zero-order valence-electron chi connectivity index (χ0n) is 20.8. The Labute approximate surface area is 231 Å². The van der Waals surface area contributed by atoms with Crippen molar-refractivity contribution in [3.63, 3.8) is 0 Å². The molecule has 202 valence electrons. The minimum Gasteiger partial charge on any atom is -0.493 e. The van der Waals surface area contributed by atoms with Crippen LogP contribution in [0.5, 0.6) is 11.5 Å². The molecule has 1 aliphatic heterocycles. The Morgan fingerprint density at radius 2 is 1.61 bits per heavy atom. The van der Waals surface area contributed by atoms with Gasteiger partial charge >= 0.3 is 0 Å². The summed E-state index contributed by atoms with van der Waals surface area (Å²) in [5.41, 5.74) is 1.42. The number of aliphatic hydroxyl groups is 1. The number of carbonyl (C=O) groups excluding carboxylic acids is 1. The van der Waals surface area contributed by atoms with Crippen LogP contribution >= 0.6 is 23.4 Å². The molecule has 0 spiro atoms.